The van der Waals surface area contributed by atoms with Crippen LogP contribution in [0.1, 0.15) is 40.0 Å². The van der Waals surface area contributed by atoms with Gasteiger partial charge in [0.05, 0.1) is 5.66 Å². The monoisotopic (exact) mass is 199 g/mol. The van der Waals surface area contributed by atoms with Crippen molar-refractivity contribution in [2.75, 3.05) is 13.6 Å². The summed E-state index contributed by atoms with van der Waals surface area (Å²) in [6, 6.07) is 0. The van der Waals surface area contributed by atoms with Crippen LogP contribution >= 0.6 is 0 Å². The second-order valence-electron chi connectivity index (χ2n) is 6.12. The molecule has 0 aromatic carbocycles. The van der Waals surface area contributed by atoms with Gasteiger partial charge in [-0.3, -0.25) is 0 Å². The van der Waals surface area contributed by atoms with Gasteiger partial charge in [0.1, 0.15) is 0 Å². The Morgan fingerprint density at radius 3 is 2.14 bits per heavy atom. The van der Waals surface area contributed by atoms with Crippen LogP contribution in [0.2, 0.25) is 0 Å². The molecule has 5 N–H and O–H groups in total. The second-order valence-corrected chi connectivity index (χ2v) is 6.12. The summed E-state index contributed by atoms with van der Waals surface area (Å²) in [4.78, 5) is 0. The molecular formula is C11H25N3. The molecule has 2 unspecified atom stereocenters. The zero-order chi connectivity index (χ0) is 11.0. The average molecular weight is 199 g/mol. The molecule has 1 rings (SSSR count). The van der Waals surface area contributed by atoms with E-state index in [1.807, 2.05) is 7.05 Å². The van der Waals surface area contributed by atoms with Gasteiger partial charge in [-0.15, -0.1) is 0 Å². The number of hydrogen-bond acceptors (Lipinski definition) is 3. The number of nitrogens with two attached hydrogens (primary N) is 2. The first kappa shape index (κ1) is 12.0. The van der Waals surface area contributed by atoms with Crippen molar-refractivity contribution < 1.29 is 0 Å². The van der Waals surface area contributed by atoms with Gasteiger partial charge in [0.15, 0.2) is 0 Å². The van der Waals surface area contributed by atoms with Crippen molar-refractivity contribution in [3.63, 3.8) is 0 Å². The van der Waals surface area contributed by atoms with E-state index in [2.05, 4.69) is 26.1 Å². The van der Waals surface area contributed by atoms with E-state index < -0.39 is 0 Å². The van der Waals surface area contributed by atoms with Gasteiger partial charge in [-0.05, 0) is 43.7 Å². The zero-order valence-corrected chi connectivity index (χ0v) is 9.98. The molecule has 0 aliphatic heterocycles. The van der Waals surface area contributed by atoms with Crippen LogP contribution in [0.15, 0.2) is 0 Å². The molecule has 84 valence electrons. The molecule has 1 aliphatic carbocycles. The first-order valence-electron chi connectivity index (χ1n) is 5.42. The Morgan fingerprint density at radius 2 is 1.71 bits per heavy atom. The van der Waals surface area contributed by atoms with E-state index in [0.29, 0.717) is 0 Å². The topological polar surface area (TPSA) is 64.1 Å². The molecule has 1 aliphatic rings. The van der Waals surface area contributed by atoms with Crippen molar-refractivity contribution in [1.29, 1.82) is 0 Å². The van der Waals surface area contributed by atoms with Crippen LogP contribution in [0.4, 0.5) is 0 Å². The minimum Gasteiger partial charge on any atom is -0.330 e. The maximum Gasteiger partial charge on any atom is 0.0670 e. The molecule has 0 heterocycles. The molecule has 0 saturated heterocycles. The predicted molar refractivity (Wildman–Crippen MR) is 60.8 cm³/mol. The minimum atomic E-state index is -0.240. The molecule has 1 saturated carbocycles. The van der Waals surface area contributed by atoms with Gasteiger partial charge in [-0.25, -0.2) is 0 Å². The van der Waals surface area contributed by atoms with E-state index in [1.54, 1.807) is 0 Å². The Balaban J connectivity index is 2.88. The molecule has 1 fully saturated rings. The summed E-state index contributed by atoms with van der Waals surface area (Å²) in [6.07, 6.45) is 3.15. The van der Waals surface area contributed by atoms with Gasteiger partial charge in [0, 0.05) is 0 Å². The van der Waals surface area contributed by atoms with Crippen molar-refractivity contribution in [3.8, 4) is 0 Å². The number of rotatable bonds is 2. The van der Waals surface area contributed by atoms with E-state index >= 15 is 0 Å². The fourth-order valence-corrected chi connectivity index (χ4v) is 3.28. The highest BCUT2D eigenvalue weighted by atomic mass is 15.1. The third-order valence-corrected chi connectivity index (χ3v) is 3.43. The highest BCUT2D eigenvalue weighted by Gasteiger charge is 2.46. The average Bonchev–Trinajstić information content (AvgIpc) is 2.00. The first-order chi connectivity index (χ1) is 6.24. The van der Waals surface area contributed by atoms with E-state index in [4.69, 9.17) is 11.5 Å². The molecule has 0 radical (unpaired) electrons. The molecule has 14 heavy (non-hydrogen) atoms. The van der Waals surface area contributed by atoms with Crippen LogP contribution in [0.5, 0.6) is 0 Å². The van der Waals surface area contributed by atoms with Crippen LogP contribution in [0.3, 0.4) is 0 Å². The summed E-state index contributed by atoms with van der Waals surface area (Å²) >= 11 is 0. The Bertz CT molecular complexity index is 195. The summed E-state index contributed by atoms with van der Waals surface area (Å²) in [7, 11) is 1.94. The van der Waals surface area contributed by atoms with Gasteiger partial charge >= 0.3 is 0 Å². The first-order valence-corrected chi connectivity index (χ1v) is 5.42. The van der Waals surface area contributed by atoms with Crippen LogP contribution in [-0.2, 0) is 0 Å². The van der Waals surface area contributed by atoms with Gasteiger partial charge < -0.3 is 16.8 Å². The molecule has 0 aromatic heterocycles. The largest absolute Gasteiger partial charge is 0.330 e. The summed E-state index contributed by atoms with van der Waals surface area (Å²) in [5, 5.41) is 3.25. The predicted octanol–water partition coefficient (Wildman–Crippen LogP) is 1.04. The van der Waals surface area contributed by atoms with Crippen LogP contribution in [-0.4, -0.2) is 19.3 Å². The fourth-order valence-electron chi connectivity index (χ4n) is 3.28. The van der Waals surface area contributed by atoms with Gasteiger partial charge in [0.2, 0.25) is 0 Å². The summed E-state index contributed by atoms with van der Waals surface area (Å²) in [5.41, 5.74) is 12.4. The maximum absolute atomic E-state index is 6.32. The van der Waals surface area contributed by atoms with E-state index in [0.717, 1.165) is 25.8 Å². The second kappa shape index (κ2) is 3.47. The fraction of sp³-hybridized carbons (Fsp3) is 1.00. The summed E-state index contributed by atoms with van der Waals surface area (Å²) in [5.74, 6) is 0. The van der Waals surface area contributed by atoms with Crippen LogP contribution in [0.25, 0.3) is 0 Å². The van der Waals surface area contributed by atoms with Crippen molar-refractivity contribution in [2.24, 2.45) is 22.3 Å². The third-order valence-electron chi connectivity index (χ3n) is 3.43. The van der Waals surface area contributed by atoms with Crippen molar-refractivity contribution in [2.45, 2.75) is 45.7 Å². The van der Waals surface area contributed by atoms with Crippen molar-refractivity contribution in [3.05, 3.63) is 0 Å². The van der Waals surface area contributed by atoms with Crippen LogP contribution < -0.4 is 16.8 Å². The molecule has 0 bridgehead atoms. The highest BCUT2D eigenvalue weighted by Crippen LogP contribution is 2.47. The van der Waals surface area contributed by atoms with Crippen LogP contribution in [0, 0.1) is 10.8 Å². The highest BCUT2D eigenvalue weighted by molar-refractivity contribution is 5.00. The third kappa shape index (κ3) is 2.47. The molecule has 0 spiro atoms. The lowest BCUT2D eigenvalue weighted by atomic mass is 9.60. The molecule has 3 nitrogen and oxygen atoms in total. The van der Waals surface area contributed by atoms with Gasteiger partial charge in [-0.2, -0.15) is 0 Å². The quantitative estimate of drug-likeness (QED) is 0.582. The Kier molecular flexibility index (Phi) is 2.96. The number of nitrogens with one attached hydrogen (secondary N) is 1. The lowest BCUT2D eigenvalue weighted by Gasteiger charge is -2.51. The molecule has 3 heteroatoms. The number of hydrogen-bond donors (Lipinski definition) is 3. The lowest BCUT2D eigenvalue weighted by Crippen LogP contribution is -2.61. The molecule has 2 atom stereocenters. The Hall–Kier alpha value is -0.120. The lowest BCUT2D eigenvalue weighted by molar-refractivity contribution is 0.0292. The molecule has 0 aromatic rings. The summed E-state index contributed by atoms with van der Waals surface area (Å²) < 4.78 is 0. The Morgan fingerprint density at radius 1 is 1.14 bits per heavy atom. The smallest absolute Gasteiger partial charge is 0.0670 e. The SMILES string of the molecule is CNC1(N)CC(C)(C)CC(C)(CN)C1. The normalized spacial score (nSPS) is 42.4. The maximum atomic E-state index is 6.32. The van der Waals surface area contributed by atoms with Gasteiger partial charge in [-0.1, -0.05) is 20.8 Å². The minimum absolute atomic E-state index is 0.180. The zero-order valence-electron chi connectivity index (χ0n) is 9.98. The van der Waals surface area contributed by atoms with Crippen molar-refractivity contribution >= 4 is 0 Å². The van der Waals surface area contributed by atoms with E-state index in [1.165, 1.54) is 0 Å². The van der Waals surface area contributed by atoms with E-state index in [9.17, 15) is 0 Å². The van der Waals surface area contributed by atoms with Crippen molar-refractivity contribution in [1.82, 2.24) is 5.32 Å². The standard InChI is InChI=1S/C11H25N3/c1-9(2)5-10(3,8-12)7-11(13,6-9)14-4/h14H,5-8,12-13H2,1-4H3. The van der Waals surface area contributed by atoms with E-state index in [-0.39, 0.29) is 16.5 Å². The summed E-state index contributed by atoms with van der Waals surface area (Å²) in [6.45, 7) is 7.52. The Labute approximate surface area is 87.6 Å². The molecule has 0 amide bonds. The van der Waals surface area contributed by atoms with Gasteiger partial charge in [0.25, 0.3) is 0 Å². The molecular weight excluding hydrogens is 174 g/mol.